The molecule has 1 aliphatic heterocycles. The molecule has 0 spiro atoms. The third-order valence-electron chi connectivity index (χ3n) is 4.55. The van der Waals surface area contributed by atoms with Gasteiger partial charge in [0, 0.05) is 24.2 Å². The summed E-state index contributed by atoms with van der Waals surface area (Å²) >= 11 is 1.78. The van der Waals surface area contributed by atoms with Crippen LogP contribution in [-0.4, -0.2) is 27.3 Å². The molecule has 128 valence electrons. The van der Waals surface area contributed by atoms with Crippen LogP contribution in [0, 0.1) is 0 Å². The van der Waals surface area contributed by atoms with Gasteiger partial charge in [-0.1, -0.05) is 30.3 Å². The van der Waals surface area contributed by atoms with E-state index >= 15 is 0 Å². The molecule has 4 rings (SSSR count). The van der Waals surface area contributed by atoms with Gasteiger partial charge >= 0.3 is 6.03 Å². The molecular weight excluding hydrogens is 332 g/mol. The Labute approximate surface area is 150 Å². The number of fused-ring (bicyclic) bond motifs is 1. The molecule has 0 unspecified atom stereocenters. The highest BCUT2D eigenvalue weighted by Gasteiger charge is 2.32. The second-order valence-corrected chi connectivity index (χ2v) is 7.07. The summed E-state index contributed by atoms with van der Waals surface area (Å²) in [6, 6.07) is 12.3. The van der Waals surface area contributed by atoms with Crippen molar-refractivity contribution < 1.29 is 4.79 Å². The first-order valence-corrected chi connectivity index (χ1v) is 9.35. The van der Waals surface area contributed by atoms with E-state index < -0.39 is 0 Å². The molecule has 0 saturated heterocycles. The van der Waals surface area contributed by atoms with E-state index in [1.54, 1.807) is 22.2 Å². The van der Waals surface area contributed by atoms with Crippen molar-refractivity contribution in [2.75, 3.05) is 11.9 Å². The molecule has 1 atom stereocenters. The van der Waals surface area contributed by atoms with Gasteiger partial charge in [0.25, 0.3) is 0 Å². The maximum absolute atomic E-state index is 13.0. The molecule has 1 aromatic carbocycles. The lowest BCUT2D eigenvalue weighted by molar-refractivity contribution is 0.194. The average molecular weight is 352 g/mol. The molecule has 2 aromatic heterocycles. The number of carbonyl (C=O) groups is 1. The number of hydrogen-bond donors (Lipinski definition) is 1. The Hall–Kier alpha value is -2.60. The number of nitrogens with one attached hydrogen (secondary N) is 1. The lowest BCUT2D eigenvalue weighted by atomic mass is 9.93. The molecule has 0 bridgehead atoms. The maximum Gasteiger partial charge on any atom is 0.322 e. The number of aryl methyl sites for hydroxylation is 1. The fourth-order valence-electron chi connectivity index (χ4n) is 3.33. The molecule has 3 aromatic rings. The van der Waals surface area contributed by atoms with Crippen LogP contribution in [0.1, 0.15) is 29.0 Å². The molecule has 0 radical (unpaired) electrons. The number of thiophene rings is 1. The van der Waals surface area contributed by atoms with Gasteiger partial charge in [0.1, 0.15) is 0 Å². The van der Waals surface area contributed by atoms with Crippen molar-refractivity contribution in [1.82, 2.24) is 14.7 Å². The van der Waals surface area contributed by atoms with E-state index in [0.717, 1.165) is 24.2 Å². The number of aromatic nitrogens is 2. The van der Waals surface area contributed by atoms with Crippen LogP contribution in [-0.2, 0) is 13.0 Å². The van der Waals surface area contributed by atoms with Crippen molar-refractivity contribution in [2.24, 2.45) is 0 Å². The molecule has 3 heterocycles. The number of rotatable bonds is 3. The summed E-state index contributed by atoms with van der Waals surface area (Å²) in [6.45, 7) is 3.51. The molecule has 1 N–H and O–H groups in total. The highest BCUT2D eigenvalue weighted by Crippen LogP contribution is 2.37. The van der Waals surface area contributed by atoms with Crippen LogP contribution >= 0.6 is 11.3 Å². The van der Waals surface area contributed by atoms with Gasteiger partial charge in [0.2, 0.25) is 0 Å². The van der Waals surface area contributed by atoms with Crippen LogP contribution in [0.15, 0.2) is 54.2 Å². The molecule has 2 amide bonds. The average Bonchev–Trinajstić information content (AvgIpc) is 3.30. The van der Waals surface area contributed by atoms with E-state index in [-0.39, 0.29) is 12.1 Å². The van der Waals surface area contributed by atoms with E-state index in [0.29, 0.717) is 6.54 Å². The van der Waals surface area contributed by atoms with E-state index in [9.17, 15) is 4.79 Å². The van der Waals surface area contributed by atoms with Crippen molar-refractivity contribution in [3.8, 4) is 0 Å². The predicted molar refractivity (Wildman–Crippen MR) is 99.9 cm³/mol. The SMILES string of the molecule is CCn1cc(NC(=O)N2CCc3sccc3[C@@H]2c2ccccc2)cn1. The number of nitrogens with zero attached hydrogens (tertiary/aromatic N) is 3. The molecule has 1 aliphatic rings. The van der Waals surface area contributed by atoms with Gasteiger partial charge < -0.3 is 10.2 Å². The number of anilines is 1. The van der Waals surface area contributed by atoms with Crippen LogP contribution in [0.3, 0.4) is 0 Å². The highest BCUT2D eigenvalue weighted by atomic mass is 32.1. The van der Waals surface area contributed by atoms with Crippen LogP contribution in [0.2, 0.25) is 0 Å². The van der Waals surface area contributed by atoms with Gasteiger partial charge in [-0.05, 0) is 35.9 Å². The molecule has 0 aliphatic carbocycles. The number of hydrogen-bond acceptors (Lipinski definition) is 3. The van der Waals surface area contributed by atoms with Crippen LogP contribution in [0.5, 0.6) is 0 Å². The van der Waals surface area contributed by atoms with Gasteiger partial charge in [-0.25, -0.2) is 4.79 Å². The Morgan fingerprint density at radius 1 is 1.32 bits per heavy atom. The van der Waals surface area contributed by atoms with Crippen LogP contribution in [0.4, 0.5) is 10.5 Å². The summed E-state index contributed by atoms with van der Waals surface area (Å²) < 4.78 is 1.80. The number of benzene rings is 1. The van der Waals surface area contributed by atoms with Crippen molar-refractivity contribution in [3.05, 3.63) is 70.2 Å². The molecule has 25 heavy (non-hydrogen) atoms. The Morgan fingerprint density at radius 2 is 2.16 bits per heavy atom. The first-order chi connectivity index (χ1) is 12.3. The molecular formula is C19H20N4OS. The Balaban J connectivity index is 1.64. The summed E-state index contributed by atoms with van der Waals surface area (Å²) in [4.78, 5) is 16.3. The quantitative estimate of drug-likeness (QED) is 0.770. The zero-order valence-corrected chi connectivity index (χ0v) is 14.9. The van der Waals surface area contributed by atoms with Crippen LogP contribution in [0.25, 0.3) is 0 Å². The maximum atomic E-state index is 13.0. The lowest BCUT2D eigenvalue weighted by Gasteiger charge is -2.36. The van der Waals surface area contributed by atoms with Crippen molar-refractivity contribution >= 4 is 23.1 Å². The van der Waals surface area contributed by atoms with Gasteiger partial charge in [-0.3, -0.25) is 4.68 Å². The van der Waals surface area contributed by atoms with E-state index in [4.69, 9.17) is 0 Å². The lowest BCUT2D eigenvalue weighted by Crippen LogP contribution is -2.42. The van der Waals surface area contributed by atoms with Crippen molar-refractivity contribution in [1.29, 1.82) is 0 Å². The predicted octanol–water partition coefficient (Wildman–Crippen LogP) is 4.14. The fourth-order valence-corrected chi connectivity index (χ4v) is 4.23. The van der Waals surface area contributed by atoms with Gasteiger partial charge in [0.05, 0.1) is 17.9 Å². The summed E-state index contributed by atoms with van der Waals surface area (Å²) in [5.41, 5.74) is 3.11. The third kappa shape index (κ3) is 3.05. The number of carbonyl (C=O) groups excluding carboxylic acids is 1. The Bertz CT molecular complexity index is 870. The number of amides is 2. The van der Waals surface area contributed by atoms with Gasteiger partial charge in [-0.15, -0.1) is 11.3 Å². The van der Waals surface area contributed by atoms with E-state index in [2.05, 4.69) is 34.0 Å². The summed E-state index contributed by atoms with van der Waals surface area (Å²) in [5, 5.41) is 9.34. The molecule has 0 fully saturated rings. The summed E-state index contributed by atoms with van der Waals surface area (Å²) in [7, 11) is 0. The molecule has 6 heteroatoms. The topological polar surface area (TPSA) is 50.2 Å². The Kier molecular flexibility index (Phi) is 4.28. The summed E-state index contributed by atoms with van der Waals surface area (Å²) in [6.07, 6.45) is 4.45. The minimum atomic E-state index is -0.0821. The first kappa shape index (κ1) is 15.9. The standard InChI is InChI=1S/C19H20N4OS/c1-2-22-13-15(12-20-22)21-19(24)23-10-8-17-16(9-11-25-17)18(23)14-6-4-3-5-7-14/h3-7,9,11-13,18H,2,8,10H2,1H3,(H,21,24)/t18-/m0/s1. The Morgan fingerprint density at radius 3 is 2.92 bits per heavy atom. The fraction of sp³-hybridized carbons (Fsp3) is 0.263. The van der Waals surface area contributed by atoms with Crippen molar-refractivity contribution in [2.45, 2.75) is 25.9 Å². The second-order valence-electron chi connectivity index (χ2n) is 6.07. The van der Waals surface area contributed by atoms with E-state index in [1.807, 2.05) is 36.2 Å². The van der Waals surface area contributed by atoms with Crippen LogP contribution < -0.4 is 5.32 Å². The zero-order valence-electron chi connectivity index (χ0n) is 14.1. The summed E-state index contributed by atoms with van der Waals surface area (Å²) in [5.74, 6) is 0. The zero-order chi connectivity index (χ0) is 17.2. The normalized spacial score (nSPS) is 16.5. The van der Waals surface area contributed by atoms with E-state index in [1.165, 1.54) is 10.4 Å². The number of urea groups is 1. The highest BCUT2D eigenvalue weighted by molar-refractivity contribution is 7.10. The minimum Gasteiger partial charge on any atom is -0.313 e. The largest absolute Gasteiger partial charge is 0.322 e. The molecule has 5 nitrogen and oxygen atoms in total. The smallest absolute Gasteiger partial charge is 0.313 e. The first-order valence-electron chi connectivity index (χ1n) is 8.47. The monoisotopic (exact) mass is 352 g/mol. The van der Waals surface area contributed by atoms with Crippen molar-refractivity contribution in [3.63, 3.8) is 0 Å². The van der Waals surface area contributed by atoms with Gasteiger partial charge in [0.15, 0.2) is 0 Å². The van der Waals surface area contributed by atoms with Gasteiger partial charge in [-0.2, -0.15) is 5.10 Å². The second kappa shape index (κ2) is 6.72. The minimum absolute atomic E-state index is 0.0441. The third-order valence-corrected chi connectivity index (χ3v) is 5.55. The molecule has 0 saturated carbocycles.